The van der Waals surface area contributed by atoms with Gasteiger partial charge in [0.2, 0.25) is 0 Å². The van der Waals surface area contributed by atoms with Crippen LogP contribution in [-0.4, -0.2) is 25.6 Å². The first kappa shape index (κ1) is 11.3. The van der Waals surface area contributed by atoms with Gasteiger partial charge in [-0.2, -0.15) is 10.2 Å². The molecule has 3 N–H and O–H groups in total. The minimum Gasteiger partial charge on any atom is -0.384 e. The minimum absolute atomic E-state index is 0.355. The molecule has 0 aliphatic rings. The van der Waals surface area contributed by atoms with Crippen LogP contribution in [0, 0.1) is 0 Å². The van der Waals surface area contributed by atoms with Gasteiger partial charge in [-0.05, 0) is 12.1 Å². The Morgan fingerprint density at radius 3 is 3.12 bits per heavy atom. The number of hydrogen-bond acceptors (Lipinski definition) is 5. The van der Waals surface area contributed by atoms with Crippen molar-refractivity contribution in [2.24, 2.45) is 10.8 Å². The summed E-state index contributed by atoms with van der Waals surface area (Å²) in [6.07, 6.45) is 2.99. The van der Waals surface area contributed by atoms with E-state index in [1.54, 1.807) is 29.2 Å². The third-order valence-corrected chi connectivity index (χ3v) is 2.03. The standard InChI is InChI=1S/C9H10ClN7/c10-7-2-1-3-9(14-7)16-15-8(11)4-17-6-12-5-13-17/h1-3,5-6H,4H2,(H2,11,15)(H,14,16). The maximum atomic E-state index is 5.72. The van der Waals surface area contributed by atoms with Crippen LogP contribution < -0.4 is 11.2 Å². The fourth-order valence-corrected chi connectivity index (χ4v) is 1.28. The lowest BCUT2D eigenvalue weighted by Crippen LogP contribution is -2.21. The molecule has 2 heterocycles. The Morgan fingerprint density at radius 2 is 2.41 bits per heavy atom. The molecule has 0 aliphatic heterocycles. The molecule has 0 radical (unpaired) electrons. The monoisotopic (exact) mass is 251 g/mol. The summed E-state index contributed by atoms with van der Waals surface area (Å²) in [6.45, 7) is 0.355. The molecule has 0 aromatic carbocycles. The van der Waals surface area contributed by atoms with Crippen LogP contribution in [0.25, 0.3) is 0 Å². The van der Waals surface area contributed by atoms with Crippen LogP contribution in [0.3, 0.4) is 0 Å². The molecule has 7 nitrogen and oxygen atoms in total. The lowest BCUT2D eigenvalue weighted by atomic mass is 10.5. The van der Waals surface area contributed by atoms with Crippen molar-refractivity contribution < 1.29 is 0 Å². The number of nitrogens with one attached hydrogen (secondary N) is 1. The summed E-state index contributed by atoms with van der Waals surface area (Å²) in [4.78, 5) is 7.80. The van der Waals surface area contributed by atoms with Crippen LogP contribution in [0.4, 0.5) is 5.82 Å². The molecule has 0 amide bonds. The molecule has 0 fully saturated rings. The summed E-state index contributed by atoms with van der Waals surface area (Å²) in [7, 11) is 0. The van der Waals surface area contributed by atoms with Crippen LogP contribution in [0.15, 0.2) is 36.0 Å². The largest absolute Gasteiger partial charge is 0.384 e. The summed E-state index contributed by atoms with van der Waals surface area (Å²) in [5, 5.41) is 8.24. The van der Waals surface area contributed by atoms with Crippen LogP contribution in [-0.2, 0) is 6.54 Å². The smallest absolute Gasteiger partial charge is 0.147 e. The highest BCUT2D eigenvalue weighted by molar-refractivity contribution is 6.29. The Kier molecular flexibility index (Phi) is 3.51. The second-order valence-corrected chi connectivity index (χ2v) is 3.54. The number of aromatic nitrogens is 4. The van der Waals surface area contributed by atoms with Crippen molar-refractivity contribution >= 4 is 23.3 Å². The van der Waals surface area contributed by atoms with Gasteiger partial charge in [-0.25, -0.2) is 14.6 Å². The van der Waals surface area contributed by atoms with E-state index in [1.165, 1.54) is 6.33 Å². The number of amidine groups is 1. The van der Waals surface area contributed by atoms with Crippen molar-refractivity contribution in [1.29, 1.82) is 0 Å². The molecular formula is C9H10ClN7. The van der Waals surface area contributed by atoms with E-state index < -0.39 is 0 Å². The quantitative estimate of drug-likeness (QED) is 0.361. The van der Waals surface area contributed by atoms with Gasteiger partial charge in [0, 0.05) is 0 Å². The van der Waals surface area contributed by atoms with Crippen molar-refractivity contribution in [3.8, 4) is 0 Å². The molecule has 0 atom stereocenters. The third kappa shape index (κ3) is 3.42. The van der Waals surface area contributed by atoms with Crippen molar-refractivity contribution in [3.63, 3.8) is 0 Å². The van der Waals surface area contributed by atoms with E-state index in [2.05, 4.69) is 25.6 Å². The van der Waals surface area contributed by atoms with Crippen LogP contribution >= 0.6 is 11.6 Å². The van der Waals surface area contributed by atoms with Gasteiger partial charge in [0.25, 0.3) is 0 Å². The predicted molar refractivity (Wildman–Crippen MR) is 64.5 cm³/mol. The number of rotatable bonds is 4. The lowest BCUT2D eigenvalue weighted by Gasteiger charge is -2.02. The molecule has 0 unspecified atom stereocenters. The zero-order valence-corrected chi connectivity index (χ0v) is 9.54. The number of anilines is 1. The van der Waals surface area contributed by atoms with E-state index in [1.807, 2.05) is 0 Å². The highest BCUT2D eigenvalue weighted by atomic mass is 35.5. The fraction of sp³-hybridized carbons (Fsp3) is 0.111. The van der Waals surface area contributed by atoms with Crippen molar-refractivity contribution in [2.75, 3.05) is 5.43 Å². The van der Waals surface area contributed by atoms with Crippen LogP contribution in [0.2, 0.25) is 5.15 Å². The van der Waals surface area contributed by atoms with Gasteiger partial charge in [-0.1, -0.05) is 17.7 Å². The molecule has 17 heavy (non-hydrogen) atoms. The average molecular weight is 252 g/mol. The molecule has 0 aliphatic carbocycles. The minimum atomic E-state index is 0.355. The van der Waals surface area contributed by atoms with E-state index in [-0.39, 0.29) is 0 Å². The molecule has 88 valence electrons. The number of halogens is 1. The van der Waals surface area contributed by atoms with Crippen LogP contribution in [0.5, 0.6) is 0 Å². The van der Waals surface area contributed by atoms with Crippen molar-refractivity contribution in [1.82, 2.24) is 19.7 Å². The molecular weight excluding hydrogens is 242 g/mol. The SMILES string of the molecule is NC(Cn1cncn1)=NNc1cccc(Cl)n1. The summed E-state index contributed by atoms with van der Waals surface area (Å²) >= 11 is 5.72. The first-order valence-corrected chi connectivity index (χ1v) is 5.15. The number of hydrogen-bond donors (Lipinski definition) is 2. The zero-order chi connectivity index (χ0) is 12.1. The zero-order valence-electron chi connectivity index (χ0n) is 8.79. The maximum Gasteiger partial charge on any atom is 0.147 e. The number of pyridine rings is 1. The van der Waals surface area contributed by atoms with Gasteiger partial charge in [-0.15, -0.1) is 0 Å². The molecule has 2 aromatic rings. The predicted octanol–water partition coefficient (Wildman–Crippen LogP) is 0.711. The Morgan fingerprint density at radius 1 is 1.53 bits per heavy atom. The van der Waals surface area contributed by atoms with Crippen molar-refractivity contribution in [2.45, 2.75) is 6.54 Å². The molecule has 0 saturated carbocycles. The van der Waals surface area contributed by atoms with Gasteiger partial charge in [0.15, 0.2) is 0 Å². The highest BCUT2D eigenvalue weighted by Gasteiger charge is 1.97. The van der Waals surface area contributed by atoms with E-state index >= 15 is 0 Å². The maximum absolute atomic E-state index is 5.72. The fourth-order valence-electron chi connectivity index (χ4n) is 1.12. The molecule has 0 spiro atoms. The first-order chi connectivity index (χ1) is 8.24. The number of nitrogens with two attached hydrogens (primary N) is 1. The van der Waals surface area contributed by atoms with Gasteiger partial charge in [-0.3, -0.25) is 5.43 Å². The molecule has 2 rings (SSSR count). The third-order valence-electron chi connectivity index (χ3n) is 1.82. The van der Waals surface area contributed by atoms with Gasteiger partial charge in [0.05, 0.1) is 0 Å². The lowest BCUT2D eigenvalue weighted by molar-refractivity contribution is 0.717. The number of nitrogens with zero attached hydrogens (tertiary/aromatic N) is 5. The van der Waals surface area contributed by atoms with Gasteiger partial charge < -0.3 is 5.73 Å². The average Bonchev–Trinajstić information content (AvgIpc) is 2.79. The summed E-state index contributed by atoms with van der Waals surface area (Å²) in [6, 6.07) is 5.17. The summed E-state index contributed by atoms with van der Waals surface area (Å²) in [5.41, 5.74) is 8.39. The first-order valence-electron chi connectivity index (χ1n) is 4.77. The summed E-state index contributed by atoms with van der Waals surface area (Å²) < 4.78 is 1.56. The molecule has 0 bridgehead atoms. The topological polar surface area (TPSA) is 94.0 Å². The number of hydrazone groups is 1. The van der Waals surface area contributed by atoms with E-state index in [0.717, 1.165) is 0 Å². The Hall–Kier alpha value is -2.15. The Labute approximate surface area is 102 Å². The second kappa shape index (κ2) is 5.26. The van der Waals surface area contributed by atoms with Gasteiger partial charge >= 0.3 is 0 Å². The van der Waals surface area contributed by atoms with Crippen molar-refractivity contribution in [3.05, 3.63) is 36.0 Å². The van der Waals surface area contributed by atoms with E-state index in [9.17, 15) is 0 Å². The van der Waals surface area contributed by atoms with E-state index in [0.29, 0.717) is 23.4 Å². The Bertz CT molecular complexity index is 508. The highest BCUT2D eigenvalue weighted by Crippen LogP contribution is 2.08. The van der Waals surface area contributed by atoms with Crippen LogP contribution in [0.1, 0.15) is 0 Å². The normalized spacial score (nSPS) is 11.5. The summed E-state index contributed by atoms with van der Waals surface area (Å²) in [5.74, 6) is 0.885. The molecule has 2 aromatic heterocycles. The molecule has 8 heteroatoms. The van der Waals surface area contributed by atoms with Gasteiger partial charge in [0.1, 0.15) is 36.0 Å². The van der Waals surface area contributed by atoms with E-state index in [4.69, 9.17) is 17.3 Å². The molecule has 0 saturated heterocycles. The second-order valence-electron chi connectivity index (χ2n) is 3.15. The Balaban J connectivity index is 1.96.